The van der Waals surface area contributed by atoms with Crippen molar-refractivity contribution in [2.75, 3.05) is 0 Å². The van der Waals surface area contributed by atoms with Gasteiger partial charge in [-0.2, -0.15) is 5.10 Å². The van der Waals surface area contributed by atoms with Gasteiger partial charge in [0, 0.05) is 24.5 Å². The first-order valence-electron chi connectivity index (χ1n) is 7.71. The summed E-state index contributed by atoms with van der Waals surface area (Å²) in [5.41, 5.74) is 2.97. The molecule has 2 aromatic carbocycles. The Morgan fingerprint density at radius 2 is 1.92 bits per heavy atom. The number of amides is 1. The Bertz CT molecular complexity index is 826. The van der Waals surface area contributed by atoms with Gasteiger partial charge in [-0.05, 0) is 41.8 Å². The molecule has 0 spiro atoms. The van der Waals surface area contributed by atoms with Crippen molar-refractivity contribution in [2.24, 2.45) is 0 Å². The largest absolute Gasteiger partial charge is 0.348 e. The molecular weight excluding hydrogens is 305 g/mol. The van der Waals surface area contributed by atoms with Crippen LogP contribution in [0.1, 0.15) is 27.0 Å². The minimum absolute atomic E-state index is 0.283. The number of nitrogens with one attached hydrogen (secondary N) is 1. The van der Waals surface area contributed by atoms with Crippen molar-refractivity contribution < 1.29 is 9.18 Å². The van der Waals surface area contributed by atoms with E-state index in [0.717, 1.165) is 11.1 Å². The van der Waals surface area contributed by atoms with Gasteiger partial charge in [-0.15, -0.1) is 0 Å². The fourth-order valence-electron chi connectivity index (χ4n) is 2.36. The first-order valence-corrected chi connectivity index (χ1v) is 7.71. The van der Waals surface area contributed by atoms with Crippen LogP contribution >= 0.6 is 0 Å². The Hall–Kier alpha value is -2.95. The van der Waals surface area contributed by atoms with Crippen LogP contribution in [0.3, 0.4) is 0 Å². The van der Waals surface area contributed by atoms with Gasteiger partial charge in [-0.3, -0.25) is 9.48 Å². The van der Waals surface area contributed by atoms with Gasteiger partial charge in [0.2, 0.25) is 0 Å². The summed E-state index contributed by atoms with van der Waals surface area (Å²) in [5, 5.41) is 6.97. The Kier molecular flexibility index (Phi) is 4.70. The molecule has 0 fully saturated rings. The van der Waals surface area contributed by atoms with Crippen LogP contribution in [-0.4, -0.2) is 15.7 Å². The van der Waals surface area contributed by atoms with Crippen molar-refractivity contribution >= 4 is 5.91 Å². The maximum absolute atomic E-state index is 13.5. The zero-order chi connectivity index (χ0) is 16.9. The molecule has 5 heteroatoms. The number of hydrogen-bond acceptors (Lipinski definition) is 2. The number of rotatable bonds is 5. The summed E-state index contributed by atoms with van der Waals surface area (Å²) in [4.78, 5) is 12.1. The molecule has 0 unspecified atom stereocenters. The third-order valence-corrected chi connectivity index (χ3v) is 3.81. The van der Waals surface area contributed by atoms with Crippen molar-refractivity contribution in [3.63, 3.8) is 0 Å². The lowest BCUT2D eigenvalue weighted by Crippen LogP contribution is -2.23. The molecule has 0 aliphatic heterocycles. The summed E-state index contributed by atoms with van der Waals surface area (Å²) >= 11 is 0. The van der Waals surface area contributed by atoms with E-state index in [1.165, 1.54) is 6.07 Å². The van der Waals surface area contributed by atoms with Gasteiger partial charge >= 0.3 is 0 Å². The molecule has 24 heavy (non-hydrogen) atoms. The number of aryl methyl sites for hydroxylation is 1. The van der Waals surface area contributed by atoms with Gasteiger partial charge in [-0.1, -0.05) is 30.3 Å². The lowest BCUT2D eigenvalue weighted by molar-refractivity contribution is 0.0950. The SMILES string of the molecule is Cc1ccc(C(=O)NCc2ccc(Cn3cccn3)cc2)cc1F. The van der Waals surface area contributed by atoms with Gasteiger partial charge in [0.25, 0.3) is 5.91 Å². The minimum atomic E-state index is -0.370. The smallest absolute Gasteiger partial charge is 0.251 e. The molecule has 0 bridgehead atoms. The Morgan fingerprint density at radius 3 is 2.58 bits per heavy atom. The van der Waals surface area contributed by atoms with E-state index in [0.29, 0.717) is 24.2 Å². The highest BCUT2D eigenvalue weighted by molar-refractivity contribution is 5.94. The van der Waals surface area contributed by atoms with Gasteiger partial charge in [-0.25, -0.2) is 4.39 Å². The molecule has 1 N–H and O–H groups in total. The number of carbonyl (C=O) groups is 1. The zero-order valence-electron chi connectivity index (χ0n) is 13.4. The van der Waals surface area contributed by atoms with Gasteiger partial charge in [0.15, 0.2) is 0 Å². The molecule has 0 saturated carbocycles. The predicted molar refractivity (Wildman–Crippen MR) is 90.1 cm³/mol. The normalized spacial score (nSPS) is 10.6. The van der Waals surface area contributed by atoms with E-state index < -0.39 is 0 Å². The third kappa shape index (κ3) is 3.87. The Labute approximate surface area is 139 Å². The van der Waals surface area contributed by atoms with Crippen LogP contribution in [-0.2, 0) is 13.1 Å². The Balaban J connectivity index is 1.58. The summed E-state index contributed by atoms with van der Waals surface area (Å²) in [6.45, 7) is 2.78. The summed E-state index contributed by atoms with van der Waals surface area (Å²) in [6, 6.07) is 14.3. The van der Waals surface area contributed by atoms with Crippen molar-refractivity contribution in [1.82, 2.24) is 15.1 Å². The van der Waals surface area contributed by atoms with Crippen LogP contribution in [0.2, 0.25) is 0 Å². The average molecular weight is 323 g/mol. The third-order valence-electron chi connectivity index (χ3n) is 3.81. The molecule has 1 aromatic heterocycles. The van der Waals surface area contributed by atoms with Crippen molar-refractivity contribution in [3.05, 3.63) is 89.0 Å². The van der Waals surface area contributed by atoms with Gasteiger partial charge in [0.05, 0.1) is 6.54 Å². The fourth-order valence-corrected chi connectivity index (χ4v) is 2.36. The quantitative estimate of drug-likeness (QED) is 0.783. The summed E-state index contributed by atoms with van der Waals surface area (Å²) in [5.74, 6) is -0.653. The molecule has 0 saturated heterocycles. The van der Waals surface area contributed by atoms with E-state index in [9.17, 15) is 9.18 Å². The van der Waals surface area contributed by atoms with Crippen LogP contribution in [0.15, 0.2) is 60.9 Å². The molecule has 1 heterocycles. The second-order valence-electron chi connectivity index (χ2n) is 5.67. The zero-order valence-corrected chi connectivity index (χ0v) is 13.4. The van der Waals surface area contributed by atoms with Crippen LogP contribution in [0.5, 0.6) is 0 Å². The van der Waals surface area contributed by atoms with E-state index in [1.807, 2.05) is 41.2 Å². The number of nitrogens with zero attached hydrogens (tertiary/aromatic N) is 2. The number of hydrogen-bond donors (Lipinski definition) is 1. The number of carbonyl (C=O) groups excluding carboxylic acids is 1. The second kappa shape index (κ2) is 7.08. The topological polar surface area (TPSA) is 46.9 Å². The highest BCUT2D eigenvalue weighted by Crippen LogP contribution is 2.10. The van der Waals surface area contributed by atoms with Crippen LogP contribution < -0.4 is 5.32 Å². The summed E-state index contributed by atoms with van der Waals surface area (Å²) < 4.78 is 15.4. The molecule has 0 aliphatic carbocycles. The van der Waals surface area contributed by atoms with E-state index in [4.69, 9.17) is 0 Å². The van der Waals surface area contributed by atoms with E-state index in [2.05, 4.69) is 10.4 Å². The first kappa shape index (κ1) is 15.9. The van der Waals surface area contributed by atoms with E-state index in [-0.39, 0.29) is 11.7 Å². The lowest BCUT2D eigenvalue weighted by atomic mass is 10.1. The van der Waals surface area contributed by atoms with Crippen molar-refractivity contribution in [3.8, 4) is 0 Å². The lowest BCUT2D eigenvalue weighted by Gasteiger charge is -2.08. The summed E-state index contributed by atoms with van der Waals surface area (Å²) in [6.07, 6.45) is 3.66. The molecule has 1 amide bonds. The molecule has 0 radical (unpaired) electrons. The van der Waals surface area contributed by atoms with Crippen LogP contribution in [0.4, 0.5) is 4.39 Å². The predicted octanol–water partition coefficient (Wildman–Crippen LogP) is 3.31. The molecule has 122 valence electrons. The first-order chi connectivity index (χ1) is 11.6. The molecule has 3 rings (SSSR count). The van der Waals surface area contributed by atoms with E-state index >= 15 is 0 Å². The van der Waals surface area contributed by atoms with Crippen molar-refractivity contribution in [2.45, 2.75) is 20.0 Å². The highest BCUT2D eigenvalue weighted by Gasteiger charge is 2.08. The van der Waals surface area contributed by atoms with Gasteiger partial charge < -0.3 is 5.32 Å². The maximum atomic E-state index is 13.5. The van der Waals surface area contributed by atoms with Crippen LogP contribution in [0.25, 0.3) is 0 Å². The average Bonchev–Trinajstić information content (AvgIpc) is 3.09. The Morgan fingerprint density at radius 1 is 1.17 bits per heavy atom. The maximum Gasteiger partial charge on any atom is 0.251 e. The molecular formula is C19H18FN3O. The summed E-state index contributed by atoms with van der Waals surface area (Å²) in [7, 11) is 0. The highest BCUT2D eigenvalue weighted by atomic mass is 19.1. The standard InChI is InChI=1S/C19H18FN3O/c1-14-3-8-17(11-18(14)20)19(24)21-12-15-4-6-16(7-5-15)13-23-10-2-9-22-23/h2-11H,12-13H2,1H3,(H,21,24). The number of aromatic nitrogens is 2. The second-order valence-corrected chi connectivity index (χ2v) is 5.67. The monoisotopic (exact) mass is 323 g/mol. The van der Waals surface area contributed by atoms with Crippen molar-refractivity contribution in [1.29, 1.82) is 0 Å². The number of halogens is 1. The number of benzene rings is 2. The van der Waals surface area contributed by atoms with E-state index in [1.54, 1.807) is 25.3 Å². The molecule has 4 nitrogen and oxygen atoms in total. The molecule has 3 aromatic rings. The fraction of sp³-hybridized carbons (Fsp3) is 0.158. The van der Waals surface area contributed by atoms with Gasteiger partial charge in [0.1, 0.15) is 5.82 Å². The minimum Gasteiger partial charge on any atom is -0.348 e. The van der Waals surface area contributed by atoms with Crippen LogP contribution in [0, 0.1) is 12.7 Å². The molecule has 0 atom stereocenters. The molecule has 0 aliphatic rings.